The Balaban J connectivity index is 2.78. The van der Waals surface area contributed by atoms with Gasteiger partial charge in [-0.3, -0.25) is 4.18 Å². The van der Waals surface area contributed by atoms with E-state index in [1.165, 1.54) is 24.3 Å². The second-order valence-electron chi connectivity index (χ2n) is 3.07. The molecule has 0 amide bonds. The first kappa shape index (κ1) is 14.0. The highest BCUT2D eigenvalue weighted by Gasteiger charge is 2.16. The highest BCUT2D eigenvalue weighted by molar-refractivity contribution is 7.86. The van der Waals surface area contributed by atoms with Crippen LogP contribution >= 0.6 is 0 Å². The number of hydrogen-bond acceptors (Lipinski definition) is 5. The van der Waals surface area contributed by atoms with Crippen LogP contribution in [0.5, 0.6) is 5.75 Å². The molecule has 1 rings (SSSR count). The summed E-state index contributed by atoms with van der Waals surface area (Å²) in [5, 5.41) is 8.34. The van der Waals surface area contributed by atoms with Gasteiger partial charge < -0.3 is 9.84 Å². The molecule has 0 heterocycles. The number of rotatable bonds is 6. The van der Waals surface area contributed by atoms with Crippen molar-refractivity contribution in [1.82, 2.24) is 0 Å². The van der Waals surface area contributed by atoms with Crippen molar-refractivity contribution in [3.05, 3.63) is 24.3 Å². The number of benzene rings is 1. The normalized spacial score (nSPS) is 10.6. The smallest absolute Gasteiger partial charge is 0.331 e. The largest absolute Gasteiger partial charge is 0.481 e. The molecule has 6 nitrogen and oxygen atoms in total. The second kappa shape index (κ2) is 6.05. The second-order valence-corrected chi connectivity index (χ2v) is 4.69. The number of aliphatic carboxylic acids is 1. The number of carbonyl (C=O) groups is 1. The first-order chi connectivity index (χ1) is 8.45. The van der Waals surface area contributed by atoms with Crippen LogP contribution in [0.3, 0.4) is 0 Å². The molecule has 1 aromatic carbocycles. The van der Waals surface area contributed by atoms with E-state index in [0.29, 0.717) is 5.75 Å². The number of terminal acetylenes is 1. The van der Waals surface area contributed by atoms with Crippen molar-refractivity contribution in [3.8, 4) is 18.1 Å². The lowest BCUT2D eigenvalue weighted by Gasteiger charge is -2.05. The van der Waals surface area contributed by atoms with Crippen LogP contribution in [0.2, 0.25) is 0 Å². The first-order valence-electron chi connectivity index (χ1n) is 4.73. The van der Waals surface area contributed by atoms with Crippen LogP contribution in [0.15, 0.2) is 29.2 Å². The molecule has 0 saturated heterocycles. The molecule has 0 aromatic heterocycles. The summed E-state index contributed by atoms with van der Waals surface area (Å²) >= 11 is 0. The summed E-state index contributed by atoms with van der Waals surface area (Å²) in [6.07, 6.45) is 5.00. The molecular formula is C11H10O6S. The number of hydrogen-bond donors (Lipinski definition) is 1. The molecule has 0 unspecified atom stereocenters. The SMILES string of the molecule is C#CCOc1ccc(S(=O)(=O)OCC(=O)O)cc1. The fourth-order valence-electron chi connectivity index (χ4n) is 1.02. The molecule has 1 N–H and O–H groups in total. The van der Waals surface area contributed by atoms with Crippen LogP contribution in [0.25, 0.3) is 0 Å². The molecule has 96 valence electrons. The summed E-state index contributed by atoms with van der Waals surface area (Å²) in [6, 6.07) is 5.27. The zero-order valence-electron chi connectivity index (χ0n) is 9.20. The van der Waals surface area contributed by atoms with Crippen LogP contribution in [0.1, 0.15) is 0 Å². The van der Waals surface area contributed by atoms with E-state index in [1.54, 1.807) is 0 Å². The fourth-order valence-corrected chi connectivity index (χ4v) is 1.89. The van der Waals surface area contributed by atoms with Gasteiger partial charge in [-0.25, -0.2) is 4.79 Å². The molecule has 7 heteroatoms. The average molecular weight is 270 g/mol. The minimum Gasteiger partial charge on any atom is -0.481 e. The summed E-state index contributed by atoms with van der Waals surface area (Å²) in [7, 11) is -4.07. The molecule has 0 fully saturated rings. The van der Waals surface area contributed by atoms with Crippen molar-refractivity contribution >= 4 is 16.1 Å². The monoisotopic (exact) mass is 270 g/mol. The fraction of sp³-hybridized carbons (Fsp3) is 0.182. The van der Waals surface area contributed by atoms with Gasteiger partial charge in [-0.15, -0.1) is 6.42 Å². The molecular weight excluding hydrogens is 260 g/mol. The van der Waals surface area contributed by atoms with E-state index in [1.807, 2.05) is 0 Å². The zero-order valence-corrected chi connectivity index (χ0v) is 10.0. The molecule has 0 atom stereocenters. The average Bonchev–Trinajstić information content (AvgIpc) is 2.34. The standard InChI is InChI=1S/C11H10O6S/c1-2-7-16-9-3-5-10(6-4-9)18(14,15)17-8-11(12)13/h1,3-6H,7-8H2,(H,12,13). The maximum atomic E-state index is 11.5. The minimum absolute atomic E-state index is 0.0710. The Morgan fingerprint density at radius 3 is 2.44 bits per heavy atom. The lowest BCUT2D eigenvalue weighted by Crippen LogP contribution is -2.13. The molecule has 0 aliphatic heterocycles. The van der Waals surface area contributed by atoms with Crippen molar-refractivity contribution in [3.63, 3.8) is 0 Å². The van der Waals surface area contributed by atoms with Crippen molar-refractivity contribution in [1.29, 1.82) is 0 Å². The lowest BCUT2D eigenvalue weighted by atomic mass is 10.3. The van der Waals surface area contributed by atoms with Crippen LogP contribution in [0, 0.1) is 12.3 Å². The summed E-state index contributed by atoms with van der Waals surface area (Å²) < 4.78 is 32.4. The topological polar surface area (TPSA) is 89.9 Å². The van der Waals surface area contributed by atoms with Crippen molar-refractivity contribution in [2.75, 3.05) is 13.2 Å². The quantitative estimate of drug-likeness (QED) is 0.597. The van der Waals surface area contributed by atoms with Gasteiger partial charge in [0.15, 0.2) is 6.61 Å². The molecule has 0 aliphatic rings. The third kappa shape index (κ3) is 4.08. The highest BCUT2D eigenvalue weighted by Crippen LogP contribution is 2.17. The number of carboxylic acids is 1. The Morgan fingerprint density at radius 2 is 1.94 bits per heavy atom. The predicted molar refractivity (Wildman–Crippen MR) is 61.5 cm³/mol. The molecule has 0 spiro atoms. The van der Waals surface area contributed by atoms with Gasteiger partial charge in [-0.2, -0.15) is 8.42 Å². The molecule has 0 radical (unpaired) electrons. The zero-order chi connectivity index (χ0) is 13.6. The Hall–Kier alpha value is -2.04. The van der Waals surface area contributed by atoms with Gasteiger partial charge in [0.2, 0.25) is 0 Å². The number of carboxylic acid groups (broad SMARTS) is 1. The van der Waals surface area contributed by atoms with Gasteiger partial charge in [0, 0.05) is 0 Å². The van der Waals surface area contributed by atoms with Crippen molar-refractivity contribution in [2.45, 2.75) is 4.90 Å². The summed E-state index contributed by atoms with van der Waals surface area (Å²) in [5.74, 6) is 1.30. The van der Waals surface area contributed by atoms with Gasteiger partial charge in [0.25, 0.3) is 10.1 Å². The third-order valence-corrected chi connectivity index (χ3v) is 3.05. The molecule has 18 heavy (non-hydrogen) atoms. The van der Waals surface area contributed by atoms with Crippen molar-refractivity contribution < 1.29 is 27.2 Å². The van der Waals surface area contributed by atoms with Crippen LogP contribution in [-0.2, 0) is 19.1 Å². The highest BCUT2D eigenvalue weighted by atomic mass is 32.2. The van der Waals surface area contributed by atoms with E-state index < -0.39 is 22.7 Å². The van der Waals surface area contributed by atoms with E-state index in [-0.39, 0.29) is 11.5 Å². The van der Waals surface area contributed by atoms with E-state index in [9.17, 15) is 13.2 Å². The van der Waals surface area contributed by atoms with Crippen LogP contribution in [-0.4, -0.2) is 32.7 Å². The van der Waals surface area contributed by atoms with E-state index in [2.05, 4.69) is 10.1 Å². The molecule has 1 aromatic rings. The number of ether oxygens (including phenoxy) is 1. The maximum absolute atomic E-state index is 11.5. The lowest BCUT2D eigenvalue weighted by molar-refractivity contribution is -0.139. The van der Waals surface area contributed by atoms with Gasteiger partial charge in [0.05, 0.1) is 4.90 Å². The van der Waals surface area contributed by atoms with Crippen LogP contribution < -0.4 is 4.74 Å². The Kier molecular flexibility index (Phi) is 4.71. The van der Waals surface area contributed by atoms with Gasteiger partial charge >= 0.3 is 5.97 Å². The molecule has 0 bridgehead atoms. The maximum Gasteiger partial charge on any atom is 0.331 e. The van der Waals surface area contributed by atoms with E-state index >= 15 is 0 Å². The Morgan fingerprint density at radius 1 is 1.33 bits per heavy atom. The van der Waals surface area contributed by atoms with E-state index in [0.717, 1.165) is 0 Å². The summed E-state index contributed by atoms with van der Waals surface area (Å²) in [4.78, 5) is 10.1. The predicted octanol–water partition coefficient (Wildman–Crippen LogP) is 0.488. The first-order valence-corrected chi connectivity index (χ1v) is 6.14. The van der Waals surface area contributed by atoms with Gasteiger partial charge in [-0.05, 0) is 24.3 Å². The Labute approximate surface area is 104 Å². The summed E-state index contributed by atoms with van der Waals surface area (Å²) in [5.41, 5.74) is 0. The third-order valence-electron chi connectivity index (χ3n) is 1.77. The van der Waals surface area contributed by atoms with Gasteiger partial charge in [0.1, 0.15) is 12.4 Å². The van der Waals surface area contributed by atoms with Crippen molar-refractivity contribution in [2.24, 2.45) is 0 Å². The Bertz CT molecular complexity index is 552. The van der Waals surface area contributed by atoms with E-state index in [4.69, 9.17) is 16.3 Å². The van der Waals surface area contributed by atoms with Crippen LogP contribution in [0.4, 0.5) is 0 Å². The summed E-state index contributed by atoms with van der Waals surface area (Å²) in [6.45, 7) is -0.848. The molecule has 0 saturated carbocycles. The molecule has 0 aliphatic carbocycles. The minimum atomic E-state index is -4.07. The van der Waals surface area contributed by atoms with Gasteiger partial charge in [-0.1, -0.05) is 5.92 Å².